The monoisotopic (exact) mass is 424 g/mol. The van der Waals surface area contributed by atoms with Gasteiger partial charge in [0.1, 0.15) is 12.6 Å². The Balaban J connectivity index is 1.60. The fourth-order valence-corrected chi connectivity index (χ4v) is 3.95. The van der Waals surface area contributed by atoms with Gasteiger partial charge in [-0.05, 0) is 35.1 Å². The molecule has 2 atom stereocenters. The van der Waals surface area contributed by atoms with Crippen LogP contribution in [0.1, 0.15) is 50.2 Å². The van der Waals surface area contributed by atoms with E-state index in [9.17, 15) is 14.4 Å². The van der Waals surface area contributed by atoms with E-state index in [1.165, 1.54) is 0 Å². The average molecular weight is 424 g/mol. The summed E-state index contributed by atoms with van der Waals surface area (Å²) in [6.07, 6.45) is 0.0119. The molecule has 0 saturated heterocycles. The van der Waals surface area contributed by atoms with Crippen molar-refractivity contribution in [1.82, 2.24) is 10.6 Å². The van der Waals surface area contributed by atoms with Gasteiger partial charge in [-0.25, -0.2) is 4.79 Å². The lowest BCUT2D eigenvalue weighted by Gasteiger charge is -2.21. The number of carboxylic acid groups (broad SMARTS) is 1. The largest absolute Gasteiger partial charge is 0.481 e. The van der Waals surface area contributed by atoms with Crippen LogP contribution in [0.2, 0.25) is 0 Å². The summed E-state index contributed by atoms with van der Waals surface area (Å²) >= 11 is 0. The van der Waals surface area contributed by atoms with Crippen molar-refractivity contribution in [3.8, 4) is 11.1 Å². The van der Waals surface area contributed by atoms with Gasteiger partial charge in [-0.1, -0.05) is 62.4 Å². The summed E-state index contributed by atoms with van der Waals surface area (Å²) in [7, 11) is 0. The first kappa shape index (κ1) is 22.3. The quantitative estimate of drug-likeness (QED) is 0.570. The van der Waals surface area contributed by atoms with E-state index in [0.29, 0.717) is 12.8 Å². The molecule has 0 saturated carbocycles. The number of rotatable bonds is 9. The Hall–Kier alpha value is -3.35. The van der Waals surface area contributed by atoms with Gasteiger partial charge >= 0.3 is 12.1 Å². The molecule has 164 valence electrons. The van der Waals surface area contributed by atoms with E-state index in [4.69, 9.17) is 9.84 Å². The summed E-state index contributed by atoms with van der Waals surface area (Å²) in [4.78, 5) is 35.8. The van der Waals surface area contributed by atoms with Gasteiger partial charge in [0.05, 0.1) is 6.42 Å². The Labute approximate surface area is 181 Å². The van der Waals surface area contributed by atoms with Gasteiger partial charge in [-0.3, -0.25) is 9.59 Å². The minimum atomic E-state index is -0.982. The Bertz CT molecular complexity index is 913. The fraction of sp³-hybridized carbons (Fsp3) is 0.375. The van der Waals surface area contributed by atoms with Crippen molar-refractivity contribution >= 4 is 18.0 Å². The van der Waals surface area contributed by atoms with Crippen LogP contribution in [-0.2, 0) is 14.3 Å². The topological polar surface area (TPSA) is 105 Å². The van der Waals surface area contributed by atoms with E-state index in [1.54, 1.807) is 13.8 Å². The maximum Gasteiger partial charge on any atom is 0.407 e. The maximum atomic E-state index is 12.5. The Morgan fingerprint density at radius 3 is 2.03 bits per heavy atom. The van der Waals surface area contributed by atoms with Crippen molar-refractivity contribution < 1.29 is 24.2 Å². The number of benzene rings is 2. The molecule has 0 bridgehead atoms. The molecule has 2 unspecified atom stereocenters. The van der Waals surface area contributed by atoms with Crippen molar-refractivity contribution in [2.75, 3.05) is 6.61 Å². The first-order chi connectivity index (χ1) is 14.9. The van der Waals surface area contributed by atoms with Crippen LogP contribution in [0, 0.1) is 0 Å². The third-order valence-corrected chi connectivity index (χ3v) is 5.62. The molecule has 0 aromatic heterocycles. The lowest BCUT2D eigenvalue weighted by molar-refractivity contribution is -0.137. The molecule has 7 nitrogen and oxygen atoms in total. The SMILES string of the molecule is CCC(CC(=O)O)NC(=O)C(CC)NC(=O)OCC1c2ccccc2-c2ccccc21. The van der Waals surface area contributed by atoms with Gasteiger partial charge in [-0.2, -0.15) is 0 Å². The molecular formula is C24H28N2O5. The third-order valence-electron chi connectivity index (χ3n) is 5.62. The zero-order valence-corrected chi connectivity index (χ0v) is 17.8. The molecule has 3 N–H and O–H groups in total. The third kappa shape index (κ3) is 5.23. The number of amides is 2. The van der Waals surface area contributed by atoms with Crippen LogP contribution in [0.3, 0.4) is 0 Å². The second-order valence-electron chi connectivity index (χ2n) is 7.64. The number of carbonyl (C=O) groups excluding carboxylic acids is 2. The van der Waals surface area contributed by atoms with E-state index in [2.05, 4.69) is 22.8 Å². The molecule has 1 aliphatic rings. The van der Waals surface area contributed by atoms with Gasteiger partial charge in [0.2, 0.25) is 5.91 Å². The fourth-order valence-electron chi connectivity index (χ4n) is 3.95. The summed E-state index contributed by atoms with van der Waals surface area (Å²) in [6, 6.07) is 14.8. The van der Waals surface area contributed by atoms with Crippen LogP contribution < -0.4 is 10.6 Å². The summed E-state index contributed by atoms with van der Waals surface area (Å²) in [6.45, 7) is 3.73. The standard InChI is InChI=1S/C24H28N2O5/c1-3-15(13-22(27)28)25-23(29)21(4-2)26-24(30)31-14-20-18-11-7-5-9-16(18)17-10-6-8-12-19(17)20/h5-12,15,20-21H,3-4,13-14H2,1-2H3,(H,25,29)(H,26,30)(H,27,28). The van der Waals surface area contributed by atoms with Crippen molar-refractivity contribution in [1.29, 1.82) is 0 Å². The smallest absolute Gasteiger partial charge is 0.407 e. The molecule has 2 amide bonds. The maximum absolute atomic E-state index is 12.5. The van der Waals surface area contributed by atoms with Crippen LogP contribution in [0.25, 0.3) is 11.1 Å². The zero-order chi connectivity index (χ0) is 22.4. The zero-order valence-electron chi connectivity index (χ0n) is 17.8. The number of hydrogen-bond acceptors (Lipinski definition) is 4. The van der Waals surface area contributed by atoms with Crippen LogP contribution in [0.5, 0.6) is 0 Å². The highest BCUT2D eigenvalue weighted by Gasteiger charge is 2.29. The second-order valence-corrected chi connectivity index (χ2v) is 7.64. The van der Waals surface area contributed by atoms with Gasteiger partial charge < -0.3 is 20.5 Å². The normalized spacial score (nSPS) is 14.1. The number of carbonyl (C=O) groups is 3. The van der Waals surface area contributed by atoms with Gasteiger partial charge in [0.25, 0.3) is 0 Å². The molecular weight excluding hydrogens is 396 g/mol. The first-order valence-electron chi connectivity index (χ1n) is 10.6. The van der Waals surface area contributed by atoms with Crippen LogP contribution in [0.15, 0.2) is 48.5 Å². The predicted molar refractivity (Wildman–Crippen MR) is 117 cm³/mol. The summed E-state index contributed by atoms with van der Waals surface area (Å²) in [5, 5.41) is 14.2. The van der Waals surface area contributed by atoms with E-state index in [-0.39, 0.29) is 18.9 Å². The molecule has 0 aliphatic heterocycles. The van der Waals surface area contributed by atoms with E-state index in [1.807, 2.05) is 36.4 Å². The van der Waals surface area contributed by atoms with E-state index >= 15 is 0 Å². The highest BCUT2D eigenvalue weighted by atomic mass is 16.5. The van der Waals surface area contributed by atoms with Crippen LogP contribution in [-0.4, -0.2) is 41.8 Å². The Kier molecular flexibility index (Phi) is 7.28. The Morgan fingerprint density at radius 1 is 0.935 bits per heavy atom. The van der Waals surface area contributed by atoms with Crippen LogP contribution in [0.4, 0.5) is 4.79 Å². The minimum absolute atomic E-state index is 0.0629. The van der Waals surface area contributed by atoms with E-state index < -0.39 is 30.1 Å². The van der Waals surface area contributed by atoms with Crippen molar-refractivity contribution in [2.24, 2.45) is 0 Å². The predicted octanol–water partition coefficient (Wildman–Crippen LogP) is 3.67. The molecule has 0 spiro atoms. The molecule has 2 aromatic carbocycles. The average Bonchev–Trinajstić information content (AvgIpc) is 3.09. The molecule has 1 aliphatic carbocycles. The van der Waals surface area contributed by atoms with E-state index in [0.717, 1.165) is 22.3 Å². The number of nitrogens with one attached hydrogen (secondary N) is 2. The van der Waals surface area contributed by atoms with Gasteiger partial charge in [0.15, 0.2) is 0 Å². The molecule has 0 heterocycles. The van der Waals surface area contributed by atoms with Gasteiger partial charge in [0, 0.05) is 12.0 Å². The highest BCUT2D eigenvalue weighted by molar-refractivity contribution is 5.86. The number of carboxylic acids is 1. The van der Waals surface area contributed by atoms with Crippen molar-refractivity contribution in [3.05, 3.63) is 59.7 Å². The number of hydrogen-bond donors (Lipinski definition) is 3. The number of ether oxygens (including phenoxy) is 1. The van der Waals surface area contributed by atoms with Gasteiger partial charge in [-0.15, -0.1) is 0 Å². The summed E-state index contributed by atoms with van der Waals surface area (Å²) in [5.41, 5.74) is 4.51. The number of alkyl carbamates (subject to hydrolysis) is 1. The summed E-state index contributed by atoms with van der Waals surface area (Å²) in [5.74, 6) is -1.46. The molecule has 0 fully saturated rings. The molecule has 3 rings (SSSR count). The molecule has 2 aromatic rings. The molecule has 31 heavy (non-hydrogen) atoms. The van der Waals surface area contributed by atoms with Crippen LogP contribution >= 0.6 is 0 Å². The number of aliphatic carboxylic acids is 1. The summed E-state index contributed by atoms with van der Waals surface area (Å²) < 4.78 is 5.49. The first-order valence-corrected chi connectivity index (χ1v) is 10.6. The number of fused-ring (bicyclic) bond motifs is 3. The van der Waals surface area contributed by atoms with Crippen molar-refractivity contribution in [3.63, 3.8) is 0 Å². The molecule has 7 heteroatoms. The highest BCUT2D eigenvalue weighted by Crippen LogP contribution is 2.44. The Morgan fingerprint density at radius 2 is 1.52 bits per heavy atom. The lowest BCUT2D eigenvalue weighted by atomic mass is 9.98. The van der Waals surface area contributed by atoms with Crippen molar-refractivity contribution in [2.45, 2.75) is 51.1 Å². The second kappa shape index (κ2) is 10.1. The lowest BCUT2D eigenvalue weighted by Crippen LogP contribution is -2.49. The minimum Gasteiger partial charge on any atom is -0.481 e. The molecule has 0 radical (unpaired) electrons.